The topological polar surface area (TPSA) is 63.4 Å². The Labute approximate surface area is 150 Å². The highest BCUT2D eigenvalue weighted by molar-refractivity contribution is 7.16. The van der Waals surface area contributed by atoms with Crippen LogP contribution in [0, 0.1) is 0 Å². The van der Waals surface area contributed by atoms with Crippen LogP contribution >= 0.6 is 11.3 Å². The van der Waals surface area contributed by atoms with E-state index in [1.807, 2.05) is 34.5 Å². The van der Waals surface area contributed by atoms with E-state index in [2.05, 4.69) is 27.4 Å². The minimum absolute atomic E-state index is 0.166. The van der Waals surface area contributed by atoms with Gasteiger partial charge in [0.1, 0.15) is 5.01 Å². The first-order valence-electron chi connectivity index (χ1n) is 8.77. The van der Waals surface area contributed by atoms with E-state index in [1.165, 1.54) is 24.2 Å². The van der Waals surface area contributed by atoms with E-state index in [1.54, 1.807) is 0 Å². The molecule has 130 valence electrons. The molecule has 0 N–H and O–H groups in total. The van der Waals surface area contributed by atoms with Crippen LogP contribution in [0.25, 0.3) is 4.96 Å². The Morgan fingerprint density at radius 2 is 2.08 bits per heavy atom. The lowest BCUT2D eigenvalue weighted by atomic mass is 10.2. The molecule has 0 bridgehead atoms. The molecule has 6 nitrogen and oxygen atoms in total. The third-order valence-electron chi connectivity index (χ3n) is 4.50. The monoisotopic (exact) mass is 355 g/mol. The first-order chi connectivity index (χ1) is 12.2. The molecule has 1 aromatic carbocycles. The Bertz CT molecular complexity index is 868. The molecule has 25 heavy (non-hydrogen) atoms. The number of amides is 1. The van der Waals surface area contributed by atoms with Crippen LogP contribution < -0.4 is 0 Å². The summed E-state index contributed by atoms with van der Waals surface area (Å²) in [6, 6.07) is 10.1. The Hall–Kier alpha value is -2.28. The van der Waals surface area contributed by atoms with Gasteiger partial charge in [-0.05, 0) is 25.3 Å². The van der Waals surface area contributed by atoms with Gasteiger partial charge in [0, 0.05) is 31.8 Å². The number of aryl methyl sites for hydroxylation is 1. The summed E-state index contributed by atoms with van der Waals surface area (Å²) >= 11 is 1.54. The molecule has 0 atom stereocenters. The Morgan fingerprint density at radius 3 is 2.80 bits per heavy atom. The Balaban J connectivity index is 1.38. The zero-order chi connectivity index (χ0) is 17.2. The first kappa shape index (κ1) is 16.2. The number of fused-ring (bicyclic) bond motifs is 1. The number of hydrogen-bond donors (Lipinski definition) is 0. The largest absolute Gasteiger partial charge is 0.339 e. The molecule has 7 heteroatoms. The molecule has 1 saturated carbocycles. The molecule has 1 aliphatic carbocycles. The van der Waals surface area contributed by atoms with E-state index in [-0.39, 0.29) is 5.91 Å². The minimum atomic E-state index is 0.166. The summed E-state index contributed by atoms with van der Waals surface area (Å²) in [5.41, 5.74) is 1.16. The zero-order valence-electron chi connectivity index (χ0n) is 14.3. The first-order valence-corrected chi connectivity index (χ1v) is 9.59. The van der Waals surface area contributed by atoms with Crippen LogP contribution in [0.15, 0.2) is 30.3 Å². The fourth-order valence-electron chi connectivity index (χ4n) is 2.92. The van der Waals surface area contributed by atoms with Crippen molar-refractivity contribution in [1.82, 2.24) is 24.7 Å². The number of benzene rings is 1. The van der Waals surface area contributed by atoms with E-state index >= 15 is 0 Å². The SMILES string of the molecule is CCN(Cc1ccccc1)C(=O)CCc1nn2c(C3CC3)nnc2s1. The van der Waals surface area contributed by atoms with Gasteiger partial charge in [-0.25, -0.2) is 0 Å². The Kier molecular flexibility index (Phi) is 4.48. The van der Waals surface area contributed by atoms with Gasteiger partial charge in [0.15, 0.2) is 5.82 Å². The second-order valence-electron chi connectivity index (χ2n) is 6.42. The second-order valence-corrected chi connectivity index (χ2v) is 7.46. The van der Waals surface area contributed by atoms with Crippen molar-refractivity contribution in [3.8, 4) is 0 Å². The van der Waals surface area contributed by atoms with Gasteiger partial charge in [-0.3, -0.25) is 4.79 Å². The van der Waals surface area contributed by atoms with Gasteiger partial charge in [0.25, 0.3) is 0 Å². The lowest BCUT2D eigenvalue weighted by molar-refractivity contribution is -0.131. The van der Waals surface area contributed by atoms with E-state index < -0.39 is 0 Å². The number of carbonyl (C=O) groups excluding carboxylic acids is 1. The van der Waals surface area contributed by atoms with Crippen molar-refractivity contribution in [2.45, 2.75) is 45.1 Å². The lowest BCUT2D eigenvalue weighted by Gasteiger charge is -2.20. The maximum Gasteiger partial charge on any atom is 0.234 e. The van der Waals surface area contributed by atoms with Crippen LogP contribution in [0.1, 0.15) is 48.5 Å². The summed E-state index contributed by atoms with van der Waals surface area (Å²) < 4.78 is 1.86. The molecule has 1 aliphatic rings. The van der Waals surface area contributed by atoms with Gasteiger partial charge in [0.05, 0.1) is 0 Å². The molecule has 0 aliphatic heterocycles. The summed E-state index contributed by atoms with van der Waals surface area (Å²) in [5, 5.41) is 14.0. The fraction of sp³-hybridized carbons (Fsp3) is 0.444. The number of rotatable bonds is 7. The van der Waals surface area contributed by atoms with Crippen LogP contribution in [-0.4, -0.2) is 37.2 Å². The second kappa shape index (κ2) is 6.92. The molecular weight excluding hydrogens is 334 g/mol. The third-order valence-corrected chi connectivity index (χ3v) is 5.46. The zero-order valence-corrected chi connectivity index (χ0v) is 15.1. The van der Waals surface area contributed by atoms with E-state index in [0.717, 1.165) is 21.4 Å². The van der Waals surface area contributed by atoms with Crippen molar-refractivity contribution in [2.75, 3.05) is 6.54 Å². The summed E-state index contributed by atoms with van der Waals surface area (Å²) in [6.07, 6.45) is 3.49. The molecule has 3 aromatic rings. The van der Waals surface area contributed by atoms with Gasteiger partial charge in [-0.15, -0.1) is 10.2 Å². The standard InChI is InChI=1S/C18H21N5OS/c1-2-22(12-13-6-4-3-5-7-13)16(24)11-10-15-21-23-17(14-8-9-14)19-20-18(23)25-15/h3-7,14H,2,8-12H2,1H3. The number of aromatic nitrogens is 4. The average Bonchev–Trinajstić information content (AvgIpc) is 3.27. The maximum atomic E-state index is 12.6. The number of carbonyl (C=O) groups is 1. The van der Waals surface area contributed by atoms with Crippen molar-refractivity contribution in [3.63, 3.8) is 0 Å². The highest BCUT2D eigenvalue weighted by Gasteiger charge is 2.30. The van der Waals surface area contributed by atoms with Gasteiger partial charge in [-0.1, -0.05) is 41.7 Å². The van der Waals surface area contributed by atoms with Gasteiger partial charge in [-0.2, -0.15) is 9.61 Å². The van der Waals surface area contributed by atoms with Crippen molar-refractivity contribution in [2.24, 2.45) is 0 Å². The summed E-state index contributed by atoms with van der Waals surface area (Å²) in [6.45, 7) is 3.39. The molecule has 0 saturated heterocycles. The van der Waals surface area contributed by atoms with Gasteiger partial charge >= 0.3 is 0 Å². The van der Waals surface area contributed by atoms with E-state index in [0.29, 0.717) is 31.8 Å². The summed E-state index contributed by atoms with van der Waals surface area (Å²) in [5.74, 6) is 1.66. The number of nitrogens with zero attached hydrogens (tertiary/aromatic N) is 5. The molecule has 0 radical (unpaired) electrons. The van der Waals surface area contributed by atoms with Crippen LogP contribution in [0.3, 0.4) is 0 Å². The number of hydrogen-bond acceptors (Lipinski definition) is 5. The predicted molar refractivity (Wildman–Crippen MR) is 96.5 cm³/mol. The minimum Gasteiger partial charge on any atom is -0.339 e. The van der Waals surface area contributed by atoms with Crippen molar-refractivity contribution >= 4 is 22.2 Å². The maximum absolute atomic E-state index is 12.6. The van der Waals surface area contributed by atoms with Crippen molar-refractivity contribution < 1.29 is 4.79 Å². The molecule has 2 heterocycles. The van der Waals surface area contributed by atoms with Crippen LogP contribution in [-0.2, 0) is 17.8 Å². The molecular formula is C18H21N5OS. The average molecular weight is 355 g/mol. The van der Waals surface area contributed by atoms with Crippen LogP contribution in [0.2, 0.25) is 0 Å². The van der Waals surface area contributed by atoms with Crippen LogP contribution in [0.5, 0.6) is 0 Å². The molecule has 0 spiro atoms. The highest BCUT2D eigenvalue weighted by Crippen LogP contribution is 2.39. The quantitative estimate of drug-likeness (QED) is 0.653. The smallest absolute Gasteiger partial charge is 0.234 e. The molecule has 1 amide bonds. The summed E-state index contributed by atoms with van der Waals surface area (Å²) in [4.78, 5) is 15.3. The van der Waals surface area contributed by atoms with Gasteiger partial charge < -0.3 is 4.90 Å². The van der Waals surface area contributed by atoms with Crippen molar-refractivity contribution in [3.05, 3.63) is 46.7 Å². The van der Waals surface area contributed by atoms with Gasteiger partial charge in [0.2, 0.25) is 10.9 Å². The summed E-state index contributed by atoms with van der Waals surface area (Å²) in [7, 11) is 0. The highest BCUT2D eigenvalue weighted by atomic mass is 32.1. The van der Waals surface area contributed by atoms with E-state index in [9.17, 15) is 4.79 Å². The van der Waals surface area contributed by atoms with E-state index in [4.69, 9.17) is 0 Å². The molecule has 2 aromatic heterocycles. The van der Waals surface area contributed by atoms with Crippen LogP contribution in [0.4, 0.5) is 0 Å². The molecule has 1 fully saturated rings. The third kappa shape index (κ3) is 3.56. The molecule has 4 rings (SSSR count). The van der Waals surface area contributed by atoms with Crippen molar-refractivity contribution in [1.29, 1.82) is 0 Å². The normalized spacial score (nSPS) is 14.1. The lowest BCUT2D eigenvalue weighted by Crippen LogP contribution is -2.30. The fourth-order valence-corrected chi connectivity index (χ4v) is 3.76. The molecule has 0 unspecified atom stereocenters. The Morgan fingerprint density at radius 1 is 1.28 bits per heavy atom. The predicted octanol–water partition coefficient (Wildman–Crippen LogP) is 3.04.